The smallest absolute Gasteiger partial charge is 0.243 e. The van der Waals surface area contributed by atoms with E-state index in [4.69, 9.17) is 9.47 Å². The van der Waals surface area contributed by atoms with Crippen molar-refractivity contribution >= 4 is 15.9 Å². The van der Waals surface area contributed by atoms with Crippen LogP contribution in [0.2, 0.25) is 0 Å². The van der Waals surface area contributed by atoms with E-state index in [2.05, 4.69) is 5.32 Å². The second kappa shape index (κ2) is 10.1. The zero-order valence-electron chi connectivity index (χ0n) is 16.4. The van der Waals surface area contributed by atoms with Gasteiger partial charge in [0.1, 0.15) is 5.75 Å². The largest absolute Gasteiger partial charge is 0.496 e. The number of nitrogens with one attached hydrogen (secondary N) is 1. The summed E-state index contributed by atoms with van der Waals surface area (Å²) in [7, 11) is -2.08. The Kier molecular flexibility index (Phi) is 8.07. The van der Waals surface area contributed by atoms with Crippen LogP contribution in [0.5, 0.6) is 5.75 Å². The monoisotopic (exact) mass is 398 g/mol. The number of hydrogen-bond donors (Lipinski definition) is 1. The SMILES string of the molecule is CCOCCCNC(=O)C1CCCN(S(=O)(=O)c2ccc(OC)c(C)c2)C1. The average Bonchev–Trinajstić information content (AvgIpc) is 2.67. The summed E-state index contributed by atoms with van der Waals surface area (Å²) in [6.45, 7) is 6.20. The fourth-order valence-corrected chi connectivity index (χ4v) is 4.82. The molecule has 0 radical (unpaired) electrons. The molecule has 1 aromatic rings. The first-order valence-electron chi connectivity index (χ1n) is 9.40. The minimum absolute atomic E-state index is 0.0858. The Balaban J connectivity index is 1.99. The van der Waals surface area contributed by atoms with Gasteiger partial charge in [-0.25, -0.2) is 8.42 Å². The standard InChI is InChI=1S/C19H30N2O5S/c1-4-26-12-6-10-20-19(22)16-7-5-11-21(14-16)27(23,24)17-8-9-18(25-3)15(2)13-17/h8-9,13,16H,4-7,10-12,14H2,1-3H3,(H,20,22). The molecule has 0 saturated carbocycles. The third-order valence-electron chi connectivity index (χ3n) is 4.73. The molecule has 0 bridgehead atoms. The van der Waals surface area contributed by atoms with Crippen LogP contribution >= 0.6 is 0 Å². The second-order valence-corrected chi connectivity index (χ2v) is 8.61. The van der Waals surface area contributed by atoms with E-state index in [1.54, 1.807) is 25.3 Å². The molecule has 1 unspecified atom stereocenters. The molecule has 0 aliphatic carbocycles. The van der Waals surface area contributed by atoms with E-state index in [9.17, 15) is 13.2 Å². The number of aryl methyl sites for hydroxylation is 1. The van der Waals surface area contributed by atoms with Crippen molar-refractivity contribution in [3.8, 4) is 5.75 Å². The van der Waals surface area contributed by atoms with E-state index >= 15 is 0 Å². The van der Waals surface area contributed by atoms with Crippen LogP contribution in [0.4, 0.5) is 0 Å². The maximum absolute atomic E-state index is 13.0. The molecule has 0 spiro atoms. The van der Waals surface area contributed by atoms with Crippen LogP contribution < -0.4 is 10.1 Å². The van der Waals surface area contributed by atoms with Gasteiger partial charge in [-0.05, 0) is 56.9 Å². The van der Waals surface area contributed by atoms with Crippen LogP contribution in [0.15, 0.2) is 23.1 Å². The Bertz CT molecular complexity index is 736. The predicted octanol–water partition coefficient (Wildman–Crippen LogP) is 1.95. The van der Waals surface area contributed by atoms with Gasteiger partial charge in [0.05, 0.1) is 17.9 Å². The summed E-state index contributed by atoms with van der Waals surface area (Å²) in [5, 5.41) is 2.89. The summed E-state index contributed by atoms with van der Waals surface area (Å²) >= 11 is 0. The number of hydrogen-bond acceptors (Lipinski definition) is 5. The zero-order chi connectivity index (χ0) is 19.9. The number of sulfonamides is 1. The van der Waals surface area contributed by atoms with Gasteiger partial charge in [0.25, 0.3) is 0 Å². The van der Waals surface area contributed by atoms with Gasteiger partial charge in [-0.3, -0.25) is 4.79 Å². The van der Waals surface area contributed by atoms with Crippen molar-refractivity contribution in [1.82, 2.24) is 9.62 Å². The van der Waals surface area contributed by atoms with Crippen molar-refractivity contribution in [1.29, 1.82) is 0 Å². The predicted molar refractivity (Wildman–Crippen MR) is 103 cm³/mol. The van der Waals surface area contributed by atoms with Gasteiger partial charge in [0.15, 0.2) is 0 Å². The van der Waals surface area contributed by atoms with Gasteiger partial charge in [-0.1, -0.05) is 0 Å². The molecule has 1 N–H and O–H groups in total. The highest BCUT2D eigenvalue weighted by molar-refractivity contribution is 7.89. The summed E-state index contributed by atoms with van der Waals surface area (Å²) in [6.07, 6.45) is 2.12. The van der Waals surface area contributed by atoms with E-state index < -0.39 is 10.0 Å². The molecule has 8 heteroatoms. The van der Waals surface area contributed by atoms with Gasteiger partial charge < -0.3 is 14.8 Å². The van der Waals surface area contributed by atoms with Crippen molar-refractivity contribution in [3.63, 3.8) is 0 Å². The lowest BCUT2D eigenvalue weighted by molar-refractivity contribution is -0.126. The molecule has 7 nitrogen and oxygen atoms in total. The molecule has 1 atom stereocenters. The summed E-state index contributed by atoms with van der Waals surface area (Å²) in [5.41, 5.74) is 0.763. The Morgan fingerprint density at radius 1 is 1.37 bits per heavy atom. The highest BCUT2D eigenvalue weighted by Gasteiger charge is 2.33. The third-order valence-corrected chi connectivity index (χ3v) is 6.59. The molecule has 1 fully saturated rings. The fraction of sp³-hybridized carbons (Fsp3) is 0.632. The Morgan fingerprint density at radius 2 is 2.15 bits per heavy atom. The van der Waals surface area contributed by atoms with E-state index in [0.29, 0.717) is 44.9 Å². The van der Waals surface area contributed by atoms with Crippen LogP contribution in [0.3, 0.4) is 0 Å². The normalized spacial score (nSPS) is 18.3. The molecule has 1 aliphatic heterocycles. The molecule has 1 heterocycles. The van der Waals surface area contributed by atoms with Crippen LogP contribution in [0.1, 0.15) is 31.7 Å². The van der Waals surface area contributed by atoms with Crippen molar-refractivity contribution in [3.05, 3.63) is 23.8 Å². The van der Waals surface area contributed by atoms with Crippen molar-refractivity contribution in [2.75, 3.05) is 40.0 Å². The van der Waals surface area contributed by atoms with Crippen LogP contribution in [-0.2, 0) is 19.6 Å². The van der Waals surface area contributed by atoms with Crippen LogP contribution in [0.25, 0.3) is 0 Å². The Morgan fingerprint density at radius 3 is 2.81 bits per heavy atom. The van der Waals surface area contributed by atoms with Crippen molar-refractivity contribution in [2.45, 2.75) is 38.0 Å². The molecule has 1 aromatic carbocycles. The molecule has 1 amide bonds. The minimum atomic E-state index is -3.63. The fourth-order valence-electron chi connectivity index (χ4n) is 3.21. The van der Waals surface area contributed by atoms with Gasteiger partial charge >= 0.3 is 0 Å². The van der Waals surface area contributed by atoms with E-state index in [0.717, 1.165) is 12.0 Å². The minimum Gasteiger partial charge on any atom is -0.496 e. The number of amides is 1. The highest BCUT2D eigenvalue weighted by Crippen LogP contribution is 2.27. The number of carbonyl (C=O) groups is 1. The van der Waals surface area contributed by atoms with E-state index in [1.165, 1.54) is 4.31 Å². The molecule has 0 aromatic heterocycles. The summed E-state index contributed by atoms with van der Waals surface area (Å²) in [5.74, 6) is 0.245. The molecule has 1 aliphatic rings. The van der Waals surface area contributed by atoms with E-state index in [-0.39, 0.29) is 23.3 Å². The van der Waals surface area contributed by atoms with Crippen molar-refractivity contribution < 1.29 is 22.7 Å². The topological polar surface area (TPSA) is 84.9 Å². The van der Waals surface area contributed by atoms with Gasteiger partial charge in [0.2, 0.25) is 15.9 Å². The Labute approximate surface area is 162 Å². The second-order valence-electron chi connectivity index (χ2n) is 6.68. The zero-order valence-corrected chi connectivity index (χ0v) is 17.2. The highest BCUT2D eigenvalue weighted by atomic mass is 32.2. The van der Waals surface area contributed by atoms with Crippen LogP contribution in [-0.4, -0.2) is 58.6 Å². The molecule has 27 heavy (non-hydrogen) atoms. The first-order chi connectivity index (χ1) is 12.9. The lowest BCUT2D eigenvalue weighted by atomic mass is 9.99. The lowest BCUT2D eigenvalue weighted by Gasteiger charge is -2.31. The average molecular weight is 399 g/mol. The number of nitrogens with zero attached hydrogens (tertiary/aromatic N) is 1. The molecule has 1 saturated heterocycles. The van der Waals surface area contributed by atoms with Crippen molar-refractivity contribution in [2.24, 2.45) is 5.92 Å². The number of methoxy groups -OCH3 is 1. The number of carbonyl (C=O) groups excluding carboxylic acids is 1. The molecular formula is C19H30N2O5S. The first-order valence-corrected chi connectivity index (χ1v) is 10.8. The van der Waals surface area contributed by atoms with Gasteiger partial charge in [-0.2, -0.15) is 4.31 Å². The molecule has 152 valence electrons. The quantitative estimate of drug-likeness (QED) is 0.643. The summed E-state index contributed by atoms with van der Waals surface area (Å²) in [4.78, 5) is 12.6. The summed E-state index contributed by atoms with van der Waals surface area (Å²) < 4.78 is 37.8. The summed E-state index contributed by atoms with van der Waals surface area (Å²) in [6, 6.07) is 4.83. The lowest BCUT2D eigenvalue weighted by Crippen LogP contribution is -2.45. The van der Waals surface area contributed by atoms with Gasteiger partial charge in [-0.15, -0.1) is 0 Å². The van der Waals surface area contributed by atoms with E-state index in [1.807, 2.05) is 13.8 Å². The number of piperidine rings is 1. The molecular weight excluding hydrogens is 368 g/mol. The maximum Gasteiger partial charge on any atom is 0.243 e. The number of rotatable bonds is 9. The van der Waals surface area contributed by atoms with Gasteiger partial charge in [0, 0.05) is 32.8 Å². The van der Waals surface area contributed by atoms with Crippen LogP contribution in [0, 0.1) is 12.8 Å². The molecule has 2 rings (SSSR count). The number of benzene rings is 1. The Hall–Kier alpha value is -1.64. The number of ether oxygens (including phenoxy) is 2. The third kappa shape index (κ3) is 5.67. The maximum atomic E-state index is 13.0. The first kappa shape index (κ1) is 21.7.